The van der Waals surface area contributed by atoms with Crippen molar-refractivity contribution in [3.05, 3.63) is 35.9 Å². The molecule has 0 amide bonds. The van der Waals surface area contributed by atoms with E-state index in [-0.39, 0.29) is 5.78 Å². The van der Waals surface area contributed by atoms with Gasteiger partial charge in [0.25, 0.3) is 0 Å². The molecular formula is C12H16OS. The molecule has 0 aromatic heterocycles. The number of carbonyl (C=O) groups excluding carboxylic acids is 1. The van der Waals surface area contributed by atoms with Crippen molar-refractivity contribution in [3.63, 3.8) is 0 Å². The molecule has 0 fully saturated rings. The Morgan fingerprint density at radius 3 is 2.57 bits per heavy atom. The summed E-state index contributed by atoms with van der Waals surface area (Å²) in [4.78, 5) is 11.6. The molecule has 0 atom stereocenters. The lowest BCUT2D eigenvalue weighted by atomic mass is 10.1. The summed E-state index contributed by atoms with van der Waals surface area (Å²) >= 11 is 1.84. The fourth-order valence-electron chi connectivity index (χ4n) is 1.30. The largest absolute Gasteiger partial charge is 0.294 e. The summed E-state index contributed by atoms with van der Waals surface area (Å²) in [6, 6.07) is 9.53. The summed E-state index contributed by atoms with van der Waals surface area (Å²) in [5, 5.41) is 0. The second kappa shape index (κ2) is 6.66. The maximum atomic E-state index is 11.6. The third-order valence-corrected chi connectivity index (χ3v) is 2.79. The fourth-order valence-corrected chi connectivity index (χ4v) is 1.79. The molecule has 76 valence electrons. The smallest absolute Gasteiger partial charge is 0.162 e. The average molecular weight is 208 g/mol. The summed E-state index contributed by atoms with van der Waals surface area (Å²) < 4.78 is 0. The van der Waals surface area contributed by atoms with Gasteiger partial charge in [-0.3, -0.25) is 4.79 Å². The minimum Gasteiger partial charge on any atom is -0.294 e. The number of unbranched alkanes of at least 4 members (excludes halogenated alkanes) is 1. The molecule has 0 aliphatic heterocycles. The SMILES string of the molecule is CSCCCCC(=O)c1ccccc1. The van der Waals surface area contributed by atoms with Crippen LogP contribution in [-0.2, 0) is 0 Å². The van der Waals surface area contributed by atoms with Crippen molar-refractivity contribution in [1.29, 1.82) is 0 Å². The molecule has 0 N–H and O–H groups in total. The van der Waals surface area contributed by atoms with Crippen LogP contribution in [0.1, 0.15) is 29.6 Å². The number of rotatable bonds is 6. The van der Waals surface area contributed by atoms with Gasteiger partial charge in [0.1, 0.15) is 0 Å². The Balaban J connectivity index is 2.29. The standard InChI is InChI=1S/C12H16OS/c1-14-10-6-5-9-12(13)11-7-3-2-4-8-11/h2-4,7-8H,5-6,9-10H2,1H3. The Kier molecular flexibility index (Phi) is 5.38. The summed E-state index contributed by atoms with van der Waals surface area (Å²) in [5.41, 5.74) is 0.844. The predicted octanol–water partition coefficient (Wildman–Crippen LogP) is 3.40. The van der Waals surface area contributed by atoms with Gasteiger partial charge in [-0.05, 0) is 24.9 Å². The summed E-state index contributed by atoms with van der Waals surface area (Å²) in [7, 11) is 0. The Bertz CT molecular complexity index is 269. The van der Waals surface area contributed by atoms with Crippen LogP contribution in [-0.4, -0.2) is 17.8 Å². The van der Waals surface area contributed by atoms with Gasteiger partial charge in [0.15, 0.2) is 5.78 Å². The van der Waals surface area contributed by atoms with Crippen LogP contribution in [0.5, 0.6) is 0 Å². The van der Waals surface area contributed by atoms with Gasteiger partial charge in [0.2, 0.25) is 0 Å². The second-order valence-corrected chi connectivity index (χ2v) is 4.22. The van der Waals surface area contributed by atoms with E-state index in [2.05, 4.69) is 6.26 Å². The molecule has 14 heavy (non-hydrogen) atoms. The van der Waals surface area contributed by atoms with Crippen LogP contribution in [0.2, 0.25) is 0 Å². The predicted molar refractivity (Wildman–Crippen MR) is 63.0 cm³/mol. The van der Waals surface area contributed by atoms with Crippen LogP contribution >= 0.6 is 11.8 Å². The minimum absolute atomic E-state index is 0.270. The van der Waals surface area contributed by atoms with Gasteiger partial charge in [-0.2, -0.15) is 11.8 Å². The van der Waals surface area contributed by atoms with Gasteiger partial charge in [-0.1, -0.05) is 30.3 Å². The molecule has 0 spiro atoms. The second-order valence-electron chi connectivity index (χ2n) is 3.24. The highest BCUT2D eigenvalue weighted by Gasteiger charge is 2.03. The van der Waals surface area contributed by atoms with Crippen molar-refractivity contribution < 1.29 is 4.79 Å². The molecular weight excluding hydrogens is 192 g/mol. The van der Waals surface area contributed by atoms with Crippen molar-refractivity contribution >= 4 is 17.5 Å². The van der Waals surface area contributed by atoms with Gasteiger partial charge in [-0.25, -0.2) is 0 Å². The first-order chi connectivity index (χ1) is 6.84. The van der Waals surface area contributed by atoms with Crippen molar-refractivity contribution in [1.82, 2.24) is 0 Å². The molecule has 0 bridgehead atoms. The van der Waals surface area contributed by atoms with Crippen molar-refractivity contribution in [2.24, 2.45) is 0 Å². The van der Waals surface area contributed by atoms with Crippen LogP contribution in [0.25, 0.3) is 0 Å². The normalized spacial score (nSPS) is 10.1. The van der Waals surface area contributed by atoms with E-state index in [1.54, 1.807) is 0 Å². The van der Waals surface area contributed by atoms with Gasteiger partial charge in [0.05, 0.1) is 0 Å². The molecule has 0 unspecified atom stereocenters. The monoisotopic (exact) mass is 208 g/mol. The summed E-state index contributed by atoms with van der Waals surface area (Å²) in [6.45, 7) is 0. The summed E-state index contributed by atoms with van der Waals surface area (Å²) in [6.07, 6.45) is 4.93. The third kappa shape index (κ3) is 3.97. The highest BCUT2D eigenvalue weighted by molar-refractivity contribution is 7.98. The van der Waals surface area contributed by atoms with E-state index >= 15 is 0 Å². The number of Topliss-reactive ketones (excluding diaryl/α,β-unsaturated/α-hetero) is 1. The number of carbonyl (C=O) groups is 1. The zero-order valence-electron chi connectivity index (χ0n) is 8.53. The van der Waals surface area contributed by atoms with Crippen LogP contribution in [0.4, 0.5) is 0 Å². The molecule has 2 heteroatoms. The summed E-state index contributed by atoms with van der Waals surface area (Å²) in [5.74, 6) is 1.42. The number of benzene rings is 1. The van der Waals surface area contributed by atoms with E-state index in [0.717, 1.165) is 24.2 Å². The topological polar surface area (TPSA) is 17.1 Å². The molecule has 0 saturated heterocycles. The first kappa shape index (κ1) is 11.3. The first-order valence-corrected chi connectivity index (χ1v) is 6.31. The van der Waals surface area contributed by atoms with E-state index in [1.807, 2.05) is 42.1 Å². The number of thioether (sulfide) groups is 1. The zero-order valence-corrected chi connectivity index (χ0v) is 9.35. The van der Waals surface area contributed by atoms with Gasteiger partial charge < -0.3 is 0 Å². The van der Waals surface area contributed by atoms with Crippen molar-refractivity contribution in [3.8, 4) is 0 Å². The average Bonchev–Trinajstić information content (AvgIpc) is 2.25. The van der Waals surface area contributed by atoms with Crippen LogP contribution < -0.4 is 0 Å². The molecule has 1 aromatic rings. The molecule has 1 aromatic carbocycles. The van der Waals surface area contributed by atoms with Crippen LogP contribution in [0, 0.1) is 0 Å². The van der Waals surface area contributed by atoms with E-state index in [0.29, 0.717) is 6.42 Å². The van der Waals surface area contributed by atoms with Crippen LogP contribution in [0.15, 0.2) is 30.3 Å². The molecule has 0 saturated carbocycles. The van der Waals surface area contributed by atoms with Gasteiger partial charge >= 0.3 is 0 Å². The Morgan fingerprint density at radius 1 is 1.21 bits per heavy atom. The Hall–Kier alpha value is -0.760. The van der Waals surface area contributed by atoms with E-state index in [1.165, 1.54) is 0 Å². The van der Waals surface area contributed by atoms with Crippen molar-refractivity contribution in [2.75, 3.05) is 12.0 Å². The number of hydrogen-bond acceptors (Lipinski definition) is 2. The molecule has 0 heterocycles. The quantitative estimate of drug-likeness (QED) is 0.526. The van der Waals surface area contributed by atoms with Gasteiger partial charge in [-0.15, -0.1) is 0 Å². The van der Waals surface area contributed by atoms with Crippen LogP contribution in [0.3, 0.4) is 0 Å². The molecule has 0 aliphatic carbocycles. The lowest BCUT2D eigenvalue weighted by Crippen LogP contribution is -1.98. The maximum absolute atomic E-state index is 11.6. The Morgan fingerprint density at radius 2 is 1.93 bits per heavy atom. The minimum atomic E-state index is 0.270. The molecule has 1 nitrogen and oxygen atoms in total. The fraction of sp³-hybridized carbons (Fsp3) is 0.417. The lowest BCUT2D eigenvalue weighted by Gasteiger charge is -2.00. The number of hydrogen-bond donors (Lipinski definition) is 0. The van der Waals surface area contributed by atoms with E-state index in [9.17, 15) is 4.79 Å². The van der Waals surface area contributed by atoms with Gasteiger partial charge in [0, 0.05) is 12.0 Å². The molecule has 0 aliphatic rings. The molecule has 1 rings (SSSR count). The van der Waals surface area contributed by atoms with E-state index < -0.39 is 0 Å². The van der Waals surface area contributed by atoms with E-state index in [4.69, 9.17) is 0 Å². The molecule has 0 radical (unpaired) electrons. The third-order valence-electron chi connectivity index (χ3n) is 2.10. The number of ketones is 1. The lowest BCUT2D eigenvalue weighted by molar-refractivity contribution is 0.0980. The van der Waals surface area contributed by atoms with Crippen molar-refractivity contribution in [2.45, 2.75) is 19.3 Å². The zero-order chi connectivity index (χ0) is 10.2. The maximum Gasteiger partial charge on any atom is 0.162 e. The first-order valence-electron chi connectivity index (χ1n) is 4.92. The highest BCUT2D eigenvalue weighted by Crippen LogP contribution is 2.08. The highest BCUT2D eigenvalue weighted by atomic mass is 32.2. The Labute approximate surface area is 89.9 Å².